The summed E-state index contributed by atoms with van der Waals surface area (Å²) in [5, 5.41) is 0. The second-order valence-corrected chi connectivity index (χ2v) is 5.14. The summed E-state index contributed by atoms with van der Waals surface area (Å²) in [5.74, 6) is -2.55. The predicted octanol–water partition coefficient (Wildman–Crippen LogP) is 3.73. The summed E-state index contributed by atoms with van der Waals surface area (Å²) in [7, 11) is 1.67. The summed E-state index contributed by atoms with van der Waals surface area (Å²) in [6, 6.07) is 7.86. The summed E-state index contributed by atoms with van der Waals surface area (Å²) >= 11 is 5.78. The Kier molecular flexibility index (Phi) is 4.50. The van der Waals surface area contributed by atoms with Gasteiger partial charge in [-0.1, -0.05) is 30.3 Å². The van der Waals surface area contributed by atoms with Crippen LogP contribution >= 0.6 is 11.6 Å². The van der Waals surface area contributed by atoms with E-state index >= 15 is 0 Å². The highest BCUT2D eigenvalue weighted by atomic mass is 35.5. The average Bonchev–Trinajstić information content (AvgIpc) is 2.29. The summed E-state index contributed by atoms with van der Waals surface area (Å²) in [6.07, 6.45) is 0. The van der Waals surface area contributed by atoms with Crippen molar-refractivity contribution in [2.45, 2.75) is 25.3 Å². The molecule has 0 N–H and O–H groups in total. The van der Waals surface area contributed by atoms with Crippen LogP contribution in [0.4, 0.5) is 8.78 Å². The fourth-order valence-electron chi connectivity index (χ4n) is 1.39. The number of rotatable bonds is 5. The minimum absolute atomic E-state index is 0.0391. The molecule has 17 heavy (non-hydrogen) atoms. The Balaban J connectivity index is 2.80. The number of benzene rings is 1. The molecule has 0 spiro atoms. The molecule has 0 amide bonds. The van der Waals surface area contributed by atoms with E-state index in [1.165, 1.54) is 12.1 Å². The zero-order valence-electron chi connectivity index (χ0n) is 10.4. The Labute approximate surface area is 106 Å². The van der Waals surface area contributed by atoms with Gasteiger partial charge < -0.3 is 0 Å². The van der Waals surface area contributed by atoms with Crippen molar-refractivity contribution in [3.05, 3.63) is 35.9 Å². The normalized spacial score (nSPS) is 13.1. The van der Waals surface area contributed by atoms with E-state index in [1.807, 2.05) is 13.8 Å². The van der Waals surface area contributed by atoms with Gasteiger partial charge in [-0.2, -0.15) is 8.78 Å². The van der Waals surface area contributed by atoms with Crippen molar-refractivity contribution in [2.75, 3.05) is 19.5 Å². The van der Waals surface area contributed by atoms with Gasteiger partial charge >= 0.3 is 0 Å². The first-order valence-corrected chi connectivity index (χ1v) is 6.03. The minimum Gasteiger partial charge on any atom is -0.294 e. The van der Waals surface area contributed by atoms with E-state index in [4.69, 9.17) is 11.6 Å². The maximum atomic E-state index is 14.0. The zero-order chi connectivity index (χ0) is 13.1. The lowest BCUT2D eigenvalue weighted by Gasteiger charge is -2.36. The summed E-state index contributed by atoms with van der Waals surface area (Å²) in [4.78, 5) is 1.59. The number of hydrogen-bond donors (Lipinski definition) is 0. The molecule has 0 atom stereocenters. The number of nitrogens with zero attached hydrogens (tertiary/aromatic N) is 1. The van der Waals surface area contributed by atoms with Crippen LogP contribution in [-0.2, 0) is 5.92 Å². The molecule has 0 fully saturated rings. The minimum atomic E-state index is -2.86. The predicted molar refractivity (Wildman–Crippen MR) is 67.8 cm³/mol. The van der Waals surface area contributed by atoms with E-state index in [0.717, 1.165) is 0 Å². The van der Waals surface area contributed by atoms with Crippen LogP contribution in [-0.4, -0.2) is 29.9 Å². The lowest BCUT2D eigenvalue weighted by molar-refractivity contribution is -0.0500. The van der Waals surface area contributed by atoms with Crippen LogP contribution in [0.5, 0.6) is 0 Å². The van der Waals surface area contributed by atoms with Crippen molar-refractivity contribution in [1.29, 1.82) is 0 Å². The Hall–Kier alpha value is -0.670. The molecule has 0 radical (unpaired) electrons. The Morgan fingerprint density at radius 2 is 1.71 bits per heavy atom. The van der Waals surface area contributed by atoms with Crippen molar-refractivity contribution in [2.24, 2.45) is 0 Å². The fourth-order valence-corrected chi connectivity index (χ4v) is 1.59. The van der Waals surface area contributed by atoms with E-state index in [9.17, 15) is 8.78 Å². The van der Waals surface area contributed by atoms with Crippen molar-refractivity contribution in [3.63, 3.8) is 0 Å². The standard InChI is InChI=1S/C13H18ClF2N/c1-12(2,9-14)17(3)10-13(15,16)11-7-5-4-6-8-11/h4-8H,9-10H2,1-3H3. The first kappa shape index (κ1) is 14.4. The zero-order valence-corrected chi connectivity index (χ0v) is 11.1. The van der Waals surface area contributed by atoms with Gasteiger partial charge in [-0.25, -0.2) is 0 Å². The smallest absolute Gasteiger partial charge is 0.285 e. The molecular weight excluding hydrogens is 244 g/mol. The van der Waals surface area contributed by atoms with Gasteiger partial charge in [0.2, 0.25) is 0 Å². The highest BCUT2D eigenvalue weighted by Crippen LogP contribution is 2.30. The highest BCUT2D eigenvalue weighted by Gasteiger charge is 2.36. The first-order valence-electron chi connectivity index (χ1n) is 5.50. The van der Waals surface area contributed by atoms with Crippen LogP contribution in [0.3, 0.4) is 0 Å². The van der Waals surface area contributed by atoms with Gasteiger partial charge in [-0.3, -0.25) is 4.90 Å². The van der Waals surface area contributed by atoms with E-state index in [-0.39, 0.29) is 12.1 Å². The van der Waals surface area contributed by atoms with Crippen molar-refractivity contribution >= 4 is 11.6 Å². The Bertz CT molecular complexity index is 352. The average molecular weight is 262 g/mol. The van der Waals surface area contributed by atoms with Gasteiger partial charge in [-0.05, 0) is 20.9 Å². The van der Waals surface area contributed by atoms with Crippen LogP contribution in [0.25, 0.3) is 0 Å². The van der Waals surface area contributed by atoms with E-state index < -0.39 is 11.5 Å². The van der Waals surface area contributed by atoms with Crippen LogP contribution in [0, 0.1) is 0 Å². The molecule has 0 heterocycles. The second kappa shape index (κ2) is 5.32. The van der Waals surface area contributed by atoms with Crippen LogP contribution in [0.15, 0.2) is 30.3 Å². The first-order chi connectivity index (χ1) is 7.79. The molecule has 0 bridgehead atoms. The number of alkyl halides is 3. The summed E-state index contributed by atoms with van der Waals surface area (Å²) in [5.41, 5.74) is -0.406. The van der Waals surface area contributed by atoms with Gasteiger partial charge in [0.1, 0.15) is 0 Å². The Morgan fingerprint density at radius 3 is 2.18 bits per heavy atom. The van der Waals surface area contributed by atoms with Gasteiger partial charge in [0.25, 0.3) is 5.92 Å². The third-order valence-corrected chi connectivity index (χ3v) is 3.65. The summed E-state index contributed by atoms with van der Waals surface area (Å²) < 4.78 is 28.0. The highest BCUT2D eigenvalue weighted by molar-refractivity contribution is 6.18. The molecule has 1 nitrogen and oxygen atoms in total. The van der Waals surface area contributed by atoms with Crippen LogP contribution in [0.2, 0.25) is 0 Å². The molecule has 4 heteroatoms. The molecule has 0 saturated heterocycles. The summed E-state index contributed by atoms with van der Waals surface area (Å²) in [6.45, 7) is 3.36. The molecule has 96 valence electrons. The van der Waals surface area contributed by atoms with Gasteiger partial charge in [0.15, 0.2) is 0 Å². The van der Waals surface area contributed by atoms with E-state index in [2.05, 4.69) is 0 Å². The number of likely N-dealkylation sites (N-methyl/N-ethyl adjacent to an activating group) is 1. The molecule has 0 aliphatic heterocycles. The Morgan fingerprint density at radius 1 is 1.18 bits per heavy atom. The molecule has 0 saturated carbocycles. The number of halogens is 3. The van der Waals surface area contributed by atoms with Gasteiger partial charge in [-0.15, -0.1) is 11.6 Å². The van der Waals surface area contributed by atoms with Crippen molar-refractivity contribution in [3.8, 4) is 0 Å². The van der Waals surface area contributed by atoms with Crippen molar-refractivity contribution < 1.29 is 8.78 Å². The van der Waals surface area contributed by atoms with Gasteiger partial charge in [0, 0.05) is 17.0 Å². The van der Waals surface area contributed by atoms with Crippen molar-refractivity contribution in [1.82, 2.24) is 4.90 Å². The molecule has 1 aromatic rings. The lowest BCUT2D eigenvalue weighted by Crippen LogP contribution is -2.47. The molecule has 0 aliphatic carbocycles. The molecule has 0 aromatic heterocycles. The maximum Gasteiger partial charge on any atom is 0.285 e. The van der Waals surface area contributed by atoms with Crippen LogP contribution < -0.4 is 0 Å². The van der Waals surface area contributed by atoms with E-state index in [0.29, 0.717) is 5.88 Å². The molecular formula is C13H18ClF2N. The largest absolute Gasteiger partial charge is 0.294 e. The van der Waals surface area contributed by atoms with Gasteiger partial charge in [0.05, 0.1) is 6.54 Å². The quantitative estimate of drug-likeness (QED) is 0.730. The fraction of sp³-hybridized carbons (Fsp3) is 0.538. The molecule has 0 aliphatic rings. The SMILES string of the molecule is CN(CC(F)(F)c1ccccc1)C(C)(C)CCl. The lowest BCUT2D eigenvalue weighted by atomic mass is 10.0. The molecule has 1 aromatic carbocycles. The maximum absolute atomic E-state index is 14.0. The second-order valence-electron chi connectivity index (χ2n) is 4.87. The van der Waals surface area contributed by atoms with Crippen LogP contribution in [0.1, 0.15) is 19.4 Å². The molecule has 0 unspecified atom stereocenters. The third-order valence-electron chi connectivity index (χ3n) is 2.99. The third kappa shape index (κ3) is 3.65. The topological polar surface area (TPSA) is 3.24 Å². The van der Waals surface area contributed by atoms with E-state index in [1.54, 1.807) is 30.1 Å². The monoisotopic (exact) mass is 261 g/mol. The number of hydrogen-bond acceptors (Lipinski definition) is 1. The molecule has 1 rings (SSSR count).